The van der Waals surface area contributed by atoms with Crippen LogP contribution in [-0.4, -0.2) is 53.5 Å². The second-order valence-corrected chi connectivity index (χ2v) is 8.59. The summed E-state index contributed by atoms with van der Waals surface area (Å²) < 4.78 is 5.47. The Hall–Kier alpha value is -2.43. The van der Waals surface area contributed by atoms with Gasteiger partial charge in [-0.15, -0.1) is 0 Å². The lowest BCUT2D eigenvalue weighted by molar-refractivity contribution is -0.123. The highest BCUT2D eigenvalue weighted by molar-refractivity contribution is 6.47. The van der Waals surface area contributed by atoms with Gasteiger partial charge >= 0.3 is 13.1 Å². The second kappa shape index (κ2) is 10.3. The number of carbonyl (C=O) groups excluding carboxylic acids is 2. The summed E-state index contributed by atoms with van der Waals surface area (Å²) >= 11 is 0. The van der Waals surface area contributed by atoms with Crippen LogP contribution < -0.4 is 21.4 Å². The van der Waals surface area contributed by atoms with Crippen molar-refractivity contribution in [1.29, 1.82) is 0 Å². The van der Waals surface area contributed by atoms with Crippen molar-refractivity contribution < 1.29 is 29.2 Å². The Morgan fingerprint density at radius 1 is 1.19 bits per heavy atom. The molecule has 0 saturated heterocycles. The molecule has 0 bridgehead atoms. The molecule has 1 heterocycles. The van der Waals surface area contributed by atoms with E-state index >= 15 is 0 Å². The largest absolute Gasteiger partial charge is 0.535 e. The second-order valence-electron chi connectivity index (χ2n) is 8.59. The van der Waals surface area contributed by atoms with E-state index in [2.05, 4.69) is 5.32 Å². The zero-order valence-electron chi connectivity index (χ0n) is 17.5. The minimum absolute atomic E-state index is 0.0117. The molecule has 0 aromatic heterocycles. The Morgan fingerprint density at radius 2 is 1.90 bits per heavy atom. The first kappa shape index (κ1) is 23.2. The number of hydrogen-bond donors (Lipinski definition) is 5. The molecule has 1 fully saturated rings. The molecule has 3 rings (SSSR count). The fraction of sp³-hybridized carbons (Fsp3) is 0.571. The predicted molar refractivity (Wildman–Crippen MR) is 115 cm³/mol. The SMILES string of the molecule is NC[C@H](N)C(=O)NC1CCC(CC(=O)C[C@H]2Cc3cccc(C(=O)O)c3OB2O)CC1. The maximum atomic E-state index is 12.6. The average molecular weight is 431 g/mol. The molecule has 2 atom stereocenters. The number of ketones is 1. The zero-order chi connectivity index (χ0) is 22.5. The monoisotopic (exact) mass is 431 g/mol. The highest BCUT2D eigenvalue weighted by atomic mass is 16.5. The summed E-state index contributed by atoms with van der Waals surface area (Å²) in [5.74, 6) is -1.27. The molecule has 1 aromatic rings. The lowest BCUT2D eigenvalue weighted by Gasteiger charge is -2.30. The number of Topliss-reactive ketones (excluding diaryl/α,β-unsaturated/α-hetero) is 1. The summed E-state index contributed by atoms with van der Waals surface area (Å²) in [5, 5.41) is 22.5. The maximum Gasteiger partial charge on any atom is 0.526 e. The number of aromatic carboxylic acids is 1. The molecule has 1 aliphatic heterocycles. The Kier molecular flexibility index (Phi) is 7.69. The lowest BCUT2D eigenvalue weighted by atomic mass is 9.64. The van der Waals surface area contributed by atoms with Crippen molar-refractivity contribution in [2.24, 2.45) is 17.4 Å². The van der Waals surface area contributed by atoms with Crippen LogP contribution in [0.25, 0.3) is 0 Å². The number of nitrogens with one attached hydrogen (secondary N) is 1. The number of carbonyl (C=O) groups is 3. The van der Waals surface area contributed by atoms with Crippen LogP contribution in [0.1, 0.15) is 54.4 Å². The van der Waals surface area contributed by atoms with Crippen LogP contribution in [0.3, 0.4) is 0 Å². The molecule has 1 aromatic carbocycles. The van der Waals surface area contributed by atoms with Crippen LogP contribution in [0.15, 0.2) is 18.2 Å². The molecule has 0 unspecified atom stereocenters. The number of rotatable bonds is 8. The highest BCUT2D eigenvalue weighted by Crippen LogP contribution is 2.37. The molecule has 0 spiro atoms. The molecule has 1 amide bonds. The molecule has 9 nitrogen and oxygen atoms in total. The first-order chi connectivity index (χ1) is 14.8. The minimum atomic E-state index is -1.21. The van der Waals surface area contributed by atoms with Crippen LogP contribution in [0.2, 0.25) is 5.82 Å². The number of para-hydroxylation sites is 1. The highest BCUT2D eigenvalue weighted by Gasteiger charge is 2.38. The summed E-state index contributed by atoms with van der Waals surface area (Å²) in [5.41, 5.74) is 11.8. The predicted octanol–water partition coefficient (Wildman–Crippen LogP) is 0.481. The third kappa shape index (κ3) is 5.84. The van der Waals surface area contributed by atoms with Gasteiger partial charge in [0.2, 0.25) is 5.91 Å². The van der Waals surface area contributed by atoms with Crippen LogP contribution >= 0.6 is 0 Å². The van der Waals surface area contributed by atoms with Gasteiger partial charge in [-0.25, -0.2) is 4.79 Å². The van der Waals surface area contributed by atoms with Crippen LogP contribution in [0.4, 0.5) is 0 Å². The van der Waals surface area contributed by atoms with Crippen LogP contribution in [0.5, 0.6) is 5.75 Å². The normalized spacial score (nSPS) is 24.0. The Bertz CT molecular complexity index is 827. The lowest BCUT2D eigenvalue weighted by Crippen LogP contribution is -2.49. The van der Waals surface area contributed by atoms with Gasteiger partial charge in [0.1, 0.15) is 11.5 Å². The number of hydrogen-bond acceptors (Lipinski definition) is 7. The van der Waals surface area contributed by atoms with E-state index in [1.165, 1.54) is 6.07 Å². The van der Waals surface area contributed by atoms with Gasteiger partial charge in [0, 0.05) is 31.2 Å². The van der Waals surface area contributed by atoms with Gasteiger partial charge in [0.25, 0.3) is 0 Å². The molecule has 1 saturated carbocycles. The number of carboxylic acids is 1. The molecule has 1 aliphatic carbocycles. The average Bonchev–Trinajstić information content (AvgIpc) is 2.74. The van der Waals surface area contributed by atoms with Gasteiger partial charge in [-0.2, -0.15) is 0 Å². The molecular formula is C21H30BN3O6. The molecule has 31 heavy (non-hydrogen) atoms. The third-order valence-corrected chi connectivity index (χ3v) is 6.24. The summed E-state index contributed by atoms with van der Waals surface area (Å²) in [6, 6.07) is 4.20. The number of benzene rings is 1. The van der Waals surface area contributed by atoms with Crippen molar-refractivity contribution in [2.45, 2.75) is 62.8 Å². The van der Waals surface area contributed by atoms with Gasteiger partial charge in [-0.05, 0) is 49.7 Å². The fourth-order valence-electron chi connectivity index (χ4n) is 4.45. The Morgan fingerprint density at radius 3 is 2.55 bits per heavy atom. The van der Waals surface area contributed by atoms with Gasteiger partial charge < -0.3 is 31.6 Å². The van der Waals surface area contributed by atoms with E-state index in [1.807, 2.05) is 0 Å². The molecule has 0 radical (unpaired) electrons. The van der Waals surface area contributed by atoms with Crippen LogP contribution in [0, 0.1) is 5.92 Å². The van der Waals surface area contributed by atoms with Gasteiger partial charge in [0.15, 0.2) is 0 Å². The Labute approximate surface area is 181 Å². The molecular weight excluding hydrogens is 401 g/mol. The smallest absolute Gasteiger partial charge is 0.526 e. The molecule has 10 heteroatoms. The summed E-state index contributed by atoms with van der Waals surface area (Å²) in [4.78, 5) is 35.8. The summed E-state index contributed by atoms with van der Waals surface area (Å²) in [7, 11) is -1.21. The first-order valence-corrected chi connectivity index (χ1v) is 10.8. The van der Waals surface area contributed by atoms with Gasteiger partial charge in [0.05, 0.1) is 11.6 Å². The topological polar surface area (TPSA) is 165 Å². The minimum Gasteiger partial charge on any atom is -0.535 e. The number of nitrogens with two attached hydrogens (primary N) is 2. The van der Waals surface area contributed by atoms with Crippen molar-refractivity contribution in [3.8, 4) is 5.75 Å². The van der Waals surface area contributed by atoms with E-state index in [1.54, 1.807) is 12.1 Å². The number of amides is 1. The third-order valence-electron chi connectivity index (χ3n) is 6.24. The summed E-state index contributed by atoms with van der Waals surface area (Å²) in [6.45, 7) is 0.106. The summed E-state index contributed by atoms with van der Waals surface area (Å²) in [6.07, 6.45) is 4.26. The molecule has 168 valence electrons. The van der Waals surface area contributed by atoms with E-state index in [0.29, 0.717) is 18.4 Å². The van der Waals surface area contributed by atoms with Gasteiger partial charge in [-0.3, -0.25) is 9.59 Å². The number of fused-ring (bicyclic) bond motifs is 1. The van der Waals surface area contributed by atoms with E-state index < -0.39 is 24.9 Å². The fourth-order valence-corrected chi connectivity index (χ4v) is 4.45. The number of carboxylic acid groups (broad SMARTS) is 1. The van der Waals surface area contributed by atoms with Gasteiger partial charge in [-0.1, -0.05) is 12.1 Å². The first-order valence-electron chi connectivity index (χ1n) is 10.8. The van der Waals surface area contributed by atoms with Crippen molar-refractivity contribution in [3.05, 3.63) is 29.3 Å². The van der Waals surface area contributed by atoms with E-state index in [-0.39, 0.29) is 47.9 Å². The van der Waals surface area contributed by atoms with E-state index in [4.69, 9.17) is 16.1 Å². The van der Waals surface area contributed by atoms with Crippen molar-refractivity contribution in [3.63, 3.8) is 0 Å². The van der Waals surface area contributed by atoms with Crippen molar-refractivity contribution in [2.75, 3.05) is 6.54 Å². The maximum absolute atomic E-state index is 12.6. The van der Waals surface area contributed by atoms with Crippen molar-refractivity contribution >= 4 is 24.8 Å². The van der Waals surface area contributed by atoms with Crippen LogP contribution in [-0.2, 0) is 16.0 Å². The van der Waals surface area contributed by atoms with E-state index in [9.17, 15) is 24.5 Å². The van der Waals surface area contributed by atoms with Crippen molar-refractivity contribution in [1.82, 2.24) is 5.32 Å². The standard InChI is InChI=1S/C21H30BN3O6/c23-11-18(24)20(27)25-15-6-4-12(5-7-15)8-16(26)10-14-9-13-2-1-3-17(21(28)29)19(13)31-22(14)30/h1-3,12,14-15,18,30H,4-11,23-24H2,(H,25,27)(H,28,29)/t12?,14-,15?,18+/m1/s1. The Balaban J connectivity index is 1.48. The molecule has 7 N–H and O–H groups in total. The van der Waals surface area contributed by atoms with E-state index in [0.717, 1.165) is 25.7 Å². The quantitative estimate of drug-likeness (QED) is 0.371. The molecule has 2 aliphatic rings. The zero-order valence-corrected chi connectivity index (χ0v) is 17.5.